The van der Waals surface area contributed by atoms with Gasteiger partial charge in [-0.15, -0.1) is 0 Å². The predicted octanol–water partition coefficient (Wildman–Crippen LogP) is 2.83. The molecule has 0 saturated carbocycles. The Kier molecular flexibility index (Phi) is 3.42. The van der Waals surface area contributed by atoms with Crippen molar-refractivity contribution >= 4 is 15.9 Å². The van der Waals surface area contributed by atoms with Gasteiger partial charge in [0.1, 0.15) is 0 Å². The van der Waals surface area contributed by atoms with Crippen molar-refractivity contribution in [2.75, 3.05) is 0 Å². The molecule has 0 fully saturated rings. The molecule has 0 aliphatic heterocycles. The third-order valence-electron chi connectivity index (χ3n) is 1.96. The van der Waals surface area contributed by atoms with Gasteiger partial charge in [0.25, 0.3) is 0 Å². The fourth-order valence-electron chi connectivity index (χ4n) is 0.932. The summed E-state index contributed by atoms with van der Waals surface area (Å²) in [5.74, 6) is 0. The third-order valence-corrected chi connectivity index (χ3v) is 3.65. The molecule has 0 aliphatic carbocycles. The fourth-order valence-corrected chi connectivity index (χ4v) is 1.26. The van der Waals surface area contributed by atoms with Crippen LogP contribution in [0.2, 0.25) is 0 Å². The summed E-state index contributed by atoms with van der Waals surface area (Å²) in [4.78, 5) is 0.441. The maximum absolute atomic E-state index is 4.05. The lowest BCUT2D eigenvalue weighted by Crippen LogP contribution is -2.22. The van der Waals surface area contributed by atoms with Crippen molar-refractivity contribution in [3.63, 3.8) is 0 Å². The van der Waals surface area contributed by atoms with Crippen molar-refractivity contribution < 1.29 is 0 Å². The van der Waals surface area contributed by atoms with Crippen LogP contribution in [-0.2, 0) is 6.42 Å². The van der Waals surface area contributed by atoms with E-state index in [4.69, 9.17) is 0 Å². The highest BCUT2D eigenvalue weighted by atomic mass is 79.9. The van der Waals surface area contributed by atoms with Gasteiger partial charge in [-0.1, -0.05) is 36.7 Å². The average Bonchev–Trinajstić information content (AvgIpc) is 2.04. The number of rotatable bonds is 2. The molecule has 0 radical (unpaired) electrons. The molecule has 0 aliphatic rings. The number of alkyl halides is 1. The Balaban J connectivity index is 2.61. The molecule has 0 aromatic carbocycles. The van der Waals surface area contributed by atoms with Crippen molar-refractivity contribution in [2.45, 2.75) is 32.0 Å². The van der Waals surface area contributed by atoms with E-state index >= 15 is 0 Å². The highest BCUT2D eigenvalue weighted by Gasteiger charge is 2.22. The number of aromatic nitrogens is 2. The average molecular weight is 243 g/mol. The molecule has 3 heteroatoms. The van der Waals surface area contributed by atoms with Crippen LogP contribution < -0.4 is 0 Å². The number of hydrogen-bond donors (Lipinski definition) is 0. The molecular formula is C10H15BrN2. The van der Waals surface area contributed by atoms with E-state index in [1.807, 2.05) is 12.1 Å². The molecule has 1 aromatic rings. The van der Waals surface area contributed by atoms with Gasteiger partial charge in [-0.2, -0.15) is 10.2 Å². The SMILES string of the molecule is CC(C)(C)C(Br)Cc1cccnn1. The van der Waals surface area contributed by atoms with Crippen LogP contribution in [0.5, 0.6) is 0 Å². The van der Waals surface area contributed by atoms with E-state index in [0.29, 0.717) is 4.83 Å². The molecule has 0 saturated heterocycles. The lowest BCUT2D eigenvalue weighted by molar-refractivity contribution is 0.395. The Labute approximate surface area is 87.9 Å². The van der Waals surface area contributed by atoms with Gasteiger partial charge in [0.15, 0.2) is 0 Å². The van der Waals surface area contributed by atoms with E-state index in [1.54, 1.807) is 6.20 Å². The van der Waals surface area contributed by atoms with Crippen molar-refractivity contribution in [1.29, 1.82) is 0 Å². The van der Waals surface area contributed by atoms with Crippen LogP contribution >= 0.6 is 15.9 Å². The molecule has 1 rings (SSSR count). The topological polar surface area (TPSA) is 25.8 Å². The zero-order valence-electron chi connectivity index (χ0n) is 8.29. The minimum Gasteiger partial charge on any atom is -0.159 e. The van der Waals surface area contributed by atoms with E-state index in [1.165, 1.54) is 0 Å². The Morgan fingerprint density at radius 3 is 2.62 bits per heavy atom. The van der Waals surface area contributed by atoms with E-state index in [-0.39, 0.29) is 5.41 Å². The second kappa shape index (κ2) is 4.18. The first kappa shape index (κ1) is 10.6. The summed E-state index contributed by atoms with van der Waals surface area (Å²) in [6.45, 7) is 6.63. The second-order valence-corrected chi connectivity index (χ2v) is 5.36. The molecule has 13 heavy (non-hydrogen) atoms. The largest absolute Gasteiger partial charge is 0.159 e. The normalized spacial score (nSPS) is 14.2. The van der Waals surface area contributed by atoms with Crippen LogP contribution in [0, 0.1) is 5.41 Å². The van der Waals surface area contributed by atoms with Crippen LogP contribution in [0.25, 0.3) is 0 Å². The van der Waals surface area contributed by atoms with E-state index in [2.05, 4.69) is 46.9 Å². The first-order valence-electron chi connectivity index (χ1n) is 4.41. The molecule has 0 bridgehead atoms. The molecule has 2 nitrogen and oxygen atoms in total. The standard InChI is InChI=1S/C10H15BrN2/c1-10(2,3)9(11)7-8-5-4-6-12-13-8/h4-6,9H,7H2,1-3H3. The van der Waals surface area contributed by atoms with Gasteiger partial charge in [0, 0.05) is 17.4 Å². The van der Waals surface area contributed by atoms with Crippen LogP contribution in [0.4, 0.5) is 0 Å². The maximum atomic E-state index is 4.05. The van der Waals surface area contributed by atoms with Crippen LogP contribution in [0.1, 0.15) is 26.5 Å². The van der Waals surface area contributed by atoms with Crippen molar-refractivity contribution in [3.8, 4) is 0 Å². The Bertz CT molecular complexity index is 253. The highest BCUT2D eigenvalue weighted by Crippen LogP contribution is 2.28. The summed E-state index contributed by atoms with van der Waals surface area (Å²) in [5, 5.41) is 7.90. The Morgan fingerprint density at radius 2 is 2.15 bits per heavy atom. The lowest BCUT2D eigenvalue weighted by Gasteiger charge is -2.24. The van der Waals surface area contributed by atoms with Gasteiger partial charge in [-0.3, -0.25) is 0 Å². The fraction of sp³-hybridized carbons (Fsp3) is 0.600. The molecule has 1 heterocycles. The lowest BCUT2D eigenvalue weighted by atomic mass is 9.89. The van der Waals surface area contributed by atoms with Crippen molar-refractivity contribution in [3.05, 3.63) is 24.0 Å². The summed E-state index contributed by atoms with van der Waals surface area (Å²) in [5.41, 5.74) is 1.30. The quantitative estimate of drug-likeness (QED) is 0.746. The molecule has 1 atom stereocenters. The summed E-state index contributed by atoms with van der Waals surface area (Å²) in [6, 6.07) is 3.93. The summed E-state index contributed by atoms with van der Waals surface area (Å²) >= 11 is 3.67. The second-order valence-electron chi connectivity index (χ2n) is 4.25. The predicted molar refractivity (Wildman–Crippen MR) is 57.9 cm³/mol. The van der Waals surface area contributed by atoms with E-state index in [9.17, 15) is 0 Å². The summed E-state index contributed by atoms with van der Waals surface area (Å²) in [6.07, 6.45) is 2.63. The smallest absolute Gasteiger partial charge is 0.0642 e. The van der Waals surface area contributed by atoms with Crippen LogP contribution in [0.3, 0.4) is 0 Å². The molecule has 72 valence electrons. The highest BCUT2D eigenvalue weighted by molar-refractivity contribution is 9.09. The maximum Gasteiger partial charge on any atom is 0.0642 e. The molecular weight excluding hydrogens is 228 g/mol. The molecule has 0 amide bonds. The minimum absolute atomic E-state index is 0.261. The molecule has 0 N–H and O–H groups in total. The van der Waals surface area contributed by atoms with Gasteiger partial charge < -0.3 is 0 Å². The van der Waals surface area contributed by atoms with Gasteiger partial charge in [0.05, 0.1) is 5.69 Å². The van der Waals surface area contributed by atoms with E-state index < -0.39 is 0 Å². The van der Waals surface area contributed by atoms with Gasteiger partial charge in [-0.25, -0.2) is 0 Å². The summed E-state index contributed by atoms with van der Waals surface area (Å²) < 4.78 is 0. The molecule has 1 aromatic heterocycles. The first-order valence-corrected chi connectivity index (χ1v) is 5.32. The van der Waals surface area contributed by atoms with Crippen LogP contribution in [-0.4, -0.2) is 15.0 Å². The Morgan fingerprint density at radius 1 is 1.46 bits per heavy atom. The number of halogens is 1. The number of nitrogens with zero attached hydrogens (tertiary/aromatic N) is 2. The summed E-state index contributed by atoms with van der Waals surface area (Å²) in [7, 11) is 0. The van der Waals surface area contributed by atoms with Gasteiger partial charge in [-0.05, 0) is 17.5 Å². The van der Waals surface area contributed by atoms with Crippen molar-refractivity contribution in [1.82, 2.24) is 10.2 Å². The third kappa shape index (κ3) is 3.43. The van der Waals surface area contributed by atoms with E-state index in [0.717, 1.165) is 12.1 Å². The molecule has 0 spiro atoms. The number of hydrogen-bond acceptors (Lipinski definition) is 2. The van der Waals surface area contributed by atoms with Gasteiger partial charge >= 0.3 is 0 Å². The van der Waals surface area contributed by atoms with Crippen molar-refractivity contribution in [2.24, 2.45) is 5.41 Å². The monoisotopic (exact) mass is 242 g/mol. The first-order chi connectivity index (χ1) is 6.00. The van der Waals surface area contributed by atoms with Gasteiger partial charge in [0.2, 0.25) is 0 Å². The Hall–Kier alpha value is -0.440. The zero-order chi connectivity index (χ0) is 9.90. The van der Waals surface area contributed by atoms with Crippen LogP contribution in [0.15, 0.2) is 18.3 Å². The minimum atomic E-state index is 0.261. The molecule has 1 unspecified atom stereocenters. The zero-order valence-corrected chi connectivity index (χ0v) is 9.87.